The summed E-state index contributed by atoms with van der Waals surface area (Å²) in [7, 11) is 1.65. The Hall–Kier alpha value is -2.12. The number of hydrogen-bond donors (Lipinski definition) is 0. The van der Waals surface area contributed by atoms with Crippen LogP contribution in [-0.2, 0) is 11.2 Å². The maximum atomic E-state index is 10.1. The first-order chi connectivity index (χ1) is 8.36. The summed E-state index contributed by atoms with van der Waals surface area (Å²) >= 11 is 0. The van der Waals surface area contributed by atoms with Crippen LogP contribution in [0.3, 0.4) is 0 Å². The molecule has 17 heavy (non-hydrogen) atoms. The molecule has 0 radical (unpaired) electrons. The lowest BCUT2D eigenvalue weighted by molar-refractivity contribution is 0.410. The molecule has 0 fully saturated rings. The van der Waals surface area contributed by atoms with Crippen molar-refractivity contribution in [3.8, 4) is 5.75 Å². The molecule has 0 N–H and O–H groups in total. The fourth-order valence-electron chi connectivity index (χ4n) is 1.98. The van der Waals surface area contributed by atoms with Gasteiger partial charge in [0.1, 0.15) is 5.75 Å². The van der Waals surface area contributed by atoms with Crippen molar-refractivity contribution in [2.45, 2.75) is 6.42 Å². The molecule has 0 spiro atoms. The molecule has 0 heterocycles. The Balaban J connectivity index is 2.50. The molecule has 0 aliphatic heterocycles. The van der Waals surface area contributed by atoms with Crippen LogP contribution in [0.4, 0.5) is 0 Å². The maximum absolute atomic E-state index is 10.1. The van der Waals surface area contributed by atoms with Gasteiger partial charge in [-0.25, -0.2) is 9.79 Å². The molecule has 0 saturated heterocycles. The Kier molecular flexibility index (Phi) is 3.53. The molecule has 2 aromatic carbocycles. The van der Waals surface area contributed by atoms with Crippen LogP contribution >= 0.6 is 0 Å². The zero-order valence-corrected chi connectivity index (χ0v) is 9.64. The lowest BCUT2D eigenvalue weighted by Crippen LogP contribution is -1.96. The molecule has 0 aliphatic rings. The molecule has 0 aromatic heterocycles. The van der Waals surface area contributed by atoms with E-state index in [0.717, 1.165) is 16.7 Å². The molecule has 0 aliphatic carbocycles. The van der Waals surface area contributed by atoms with E-state index in [4.69, 9.17) is 4.74 Å². The molecular weight excluding hydrogens is 214 g/mol. The molecule has 0 bridgehead atoms. The average molecular weight is 227 g/mol. The Morgan fingerprint density at radius 2 is 2.06 bits per heavy atom. The third-order valence-corrected chi connectivity index (χ3v) is 2.76. The van der Waals surface area contributed by atoms with Crippen molar-refractivity contribution >= 4 is 16.9 Å². The summed E-state index contributed by atoms with van der Waals surface area (Å²) in [6, 6.07) is 12.1. The molecule has 2 aromatic rings. The smallest absolute Gasteiger partial charge is 0.234 e. The second-order valence-corrected chi connectivity index (χ2v) is 3.69. The molecule has 3 nitrogen and oxygen atoms in total. The van der Waals surface area contributed by atoms with Crippen molar-refractivity contribution in [1.82, 2.24) is 0 Å². The minimum atomic E-state index is 0.438. The Morgan fingerprint density at radius 3 is 2.82 bits per heavy atom. The largest absolute Gasteiger partial charge is 0.496 e. The fraction of sp³-hybridized carbons (Fsp3) is 0.214. The molecule has 2 rings (SSSR count). The van der Waals surface area contributed by atoms with Crippen molar-refractivity contribution in [2.24, 2.45) is 4.99 Å². The van der Waals surface area contributed by atoms with Gasteiger partial charge in [0, 0.05) is 5.56 Å². The lowest BCUT2D eigenvalue weighted by Gasteiger charge is -2.10. The van der Waals surface area contributed by atoms with E-state index in [1.165, 1.54) is 5.39 Å². The van der Waals surface area contributed by atoms with Crippen LogP contribution in [0.1, 0.15) is 5.56 Å². The highest BCUT2D eigenvalue weighted by atomic mass is 16.5. The monoisotopic (exact) mass is 227 g/mol. The van der Waals surface area contributed by atoms with Crippen LogP contribution in [0.25, 0.3) is 10.8 Å². The summed E-state index contributed by atoms with van der Waals surface area (Å²) in [5.41, 5.74) is 1.09. The number of nitrogens with zero attached hydrogens (tertiary/aromatic N) is 1. The summed E-state index contributed by atoms with van der Waals surface area (Å²) in [6.45, 7) is 0.438. The predicted octanol–water partition coefficient (Wildman–Crippen LogP) is 2.73. The maximum Gasteiger partial charge on any atom is 0.234 e. The Morgan fingerprint density at radius 1 is 1.24 bits per heavy atom. The third-order valence-electron chi connectivity index (χ3n) is 2.76. The van der Waals surface area contributed by atoms with Crippen LogP contribution in [0.5, 0.6) is 5.75 Å². The van der Waals surface area contributed by atoms with E-state index in [2.05, 4.69) is 17.1 Å². The number of isocyanates is 1. The van der Waals surface area contributed by atoms with E-state index in [9.17, 15) is 4.79 Å². The van der Waals surface area contributed by atoms with Gasteiger partial charge in [0.05, 0.1) is 13.7 Å². The van der Waals surface area contributed by atoms with E-state index in [1.807, 2.05) is 24.3 Å². The lowest BCUT2D eigenvalue weighted by atomic mass is 10.0. The van der Waals surface area contributed by atoms with E-state index in [-0.39, 0.29) is 0 Å². The predicted molar refractivity (Wildman–Crippen MR) is 67.2 cm³/mol. The van der Waals surface area contributed by atoms with Crippen LogP contribution < -0.4 is 4.74 Å². The second kappa shape index (κ2) is 5.28. The number of aliphatic imine (C=N–C) groups is 1. The summed E-state index contributed by atoms with van der Waals surface area (Å²) in [5, 5.41) is 2.31. The molecule has 0 saturated carbocycles. The van der Waals surface area contributed by atoms with Gasteiger partial charge >= 0.3 is 0 Å². The van der Waals surface area contributed by atoms with E-state index in [0.29, 0.717) is 13.0 Å². The molecule has 0 amide bonds. The Labute approximate surface area is 99.7 Å². The van der Waals surface area contributed by atoms with E-state index in [1.54, 1.807) is 13.2 Å². The first-order valence-corrected chi connectivity index (χ1v) is 5.45. The zero-order valence-electron chi connectivity index (χ0n) is 9.64. The van der Waals surface area contributed by atoms with Gasteiger partial charge in [-0.15, -0.1) is 0 Å². The minimum Gasteiger partial charge on any atom is -0.496 e. The number of ether oxygens (including phenoxy) is 1. The fourth-order valence-corrected chi connectivity index (χ4v) is 1.98. The number of methoxy groups -OCH3 is 1. The second-order valence-electron chi connectivity index (χ2n) is 3.69. The van der Waals surface area contributed by atoms with Crippen molar-refractivity contribution in [2.75, 3.05) is 13.7 Å². The number of carbonyl (C=O) groups excluding carboxylic acids is 1. The topological polar surface area (TPSA) is 38.7 Å². The van der Waals surface area contributed by atoms with Gasteiger partial charge in [0.15, 0.2) is 0 Å². The van der Waals surface area contributed by atoms with Crippen molar-refractivity contribution < 1.29 is 9.53 Å². The van der Waals surface area contributed by atoms with E-state index < -0.39 is 0 Å². The highest BCUT2D eigenvalue weighted by Crippen LogP contribution is 2.28. The van der Waals surface area contributed by atoms with Crippen LogP contribution in [0, 0.1) is 0 Å². The molecule has 3 heteroatoms. The molecular formula is C14H13NO2. The average Bonchev–Trinajstić information content (AvgIpc) is 2.39. The number of benzene rings is 2. The standard InChI is InChI=1S/C14H13NO2/c1-17-14-7-6-11-4-2-3-5-12(11)13(14)8-9-15-10-16/h2-7H,8-9H2,1H3. The first-order valence-electron chi connectivity index (χ1n) is 5.45. The van der Waals surface area contributed by atoms with Gasteiger partial charge in [0.2, 0.25) is 6.08 Å². The van der Waals surface area contributed by atoms with Crippen molar-refractivity contribution in [3.05, 3.63) is 42.0 Å². The normalized spacial score (nSPS) is 9.94. The van der Waals surface area contributed by atoms with Crippen LogP contribution in [0.2, 0.25) is 0 Å². The van der Waals surface area contributed by atoms with Gasteiger partial charge in [-0.05, 0) is 23.3 Å². The molecule has 0 unspecified atom stereocenters. The molecule has 86 valence electrons. The molecule has 0 atom stereocenters. The van der Waals surface area contributed by atoms with Gasteiger partial charge < -0.3 is 4.74 Å². The number of hydrogen-bond acceptors (Lipinski definition) is 3. The highest BCUT2D eigenvalue weighted by Gasteiger charge is 2.07. The van der Waals surface area contributed by atoms with Gasteiger partial charge in [0.25, 0.3) is 0 Å². The van der Waals surface area contributed by atoms with Gasteiger partial charge in [-0.1, -0.05) is 30.3 Å². The summed E-state index contributed by atoms with van der Waals surface area (Å²) in [4.78, 5) is 13.7. The highest BCUT2D eigenvalue weighted by molar-refractivity contribution is 5.87. The van der Waals surface area contributed by atoms with E-state index >= 15 is 0 Å². The zero-order chi connectivity index (χ0) is 12.1. The minimum absolute atomic E-state index is 0.438. The van der Waals surface area contributed by atoms with Gasteiger partial charge in [-0.2, -0.15) is 0 Å². The first kappa shape index (κ1) is 11.4. The van der Waals surface area contributed by atoms with Crippen molar-refractivity contribution in [1.29, 1.82) is 0 Å². The summed E-state index contributed by atoms with van der Waals surface area (Å²) < 4.78 is 5.34. The summed E-state index contributed by atoms with van der Waals surface area (Å²) in [6.07, 6.45) is 2.24. The quantitative estimate of drug-likeness (QED) is 0.595. The van der Waals surface area contributed by atoms with Crippen molar-refractivity contribution in [3.63, 3.8) is 0 Å². The van der Waals surface area contributed by atoms with Gasteiger partial charge in [-0.3, -0.25) is 0 Å². The number of rotatable bonds is 4. The Bertz CT molecular complexity index is 571. The van der Waals surface area contributed by atoms with Crippen LogP contribution in [0.15, 0.2) is 41.4 Å². The third kappa shape index (κ3) is 2.35. The van der Waals surface area contributed by atoms with Crippen LogP contribution in [-0.4, -0.2) is 19.7 Å². The summed E-state index contributed by atoms with van der Waals surface area (Å²) in [5.74, 6) is 0.838. The SMILES string of the molecule is COc1ccc2ccccc2c1CCN=C=O. The number of fused-ring (bicyclic) bond motifs is 1.